The lowest BCUT2D eigenvalue weighted by Gasteiger charge is -2.21. The molecule has 0 spiro atoms. The van der Waals surface area contributed by atoms with Crippen LogP contribution >= 0.6 is 0 Å². The molecule has 0 unspecified atom stereocenters. The molecule has 0 radical (unpaired) electrons. The lowest BCUT2D eigenvalue weighted by atomic mass is 9.89. The van der Waals surface area contributed by atoms with Crippen LogP contribution in [0.15, 0.2) is 23.8 Å². The Hall–Kier alpha value is -3.01. The summed E-state index contributed by atoms with van der Waals surface area (Å²) >= 11 is 0. The second kappa shape index (κ2) is 9.08. The minimum atomic E-state index is -0.831. The first-order chi connectivity index (χ1) is 13.2. The second-order valence-electron chi connectivity index (χ2n) is 6.67. The molecule has 1 aromatic rings. The van der Waals surface area contributed by atoms with Crippen LogP contribution in [0.2, 0.25) is 0 Å². The topological polar surface area (TPSA) is 97.7 Å². The van der Waals surface area contributed by atoms with Crippen LogP contribution in [0.4, 0.5) is 0 Å². The van der Waals surface area contributed by atoms with Crippen molar-refractivity contribution in [2.24, 2.45) is 5.92 Å². The van der Waals surface area contributed by atoms with Gasteiger partial charge in [0.05, 0.1) is 0 Å². The molecule has 0 atom stereocenters. The maximum absolute atomic E-state index is 12.1. The van der Waals surface area contributed by atoms with E-state index in [2.05, 4.69) is 5.32 Å². The Balaban J connectivity index is 1.49. The molecule has 0 bridgehead atoms. The number of hydrogen-bond donors (Lipinski definition) is 1. The monoisotopic (exact) mass is 370 g/mol. The molecule has 0 aromatic heterocycles. The van der Waals surface area contributed by atoms with Gasteiger partial charge in [0.2, 0.25) is 6.79 Å². The Bertz CT molecular complexity index is 775. The standard InChI is InChI=1S/C20H22N2O5/c21-10-16(8-15-6-7-17-18(9-15)27-13-26-17)20(24)25-12-19(23)22-11-14-4-2-1-3-5-14/h6-9,14H,1-5,11-13H2,(H,22,23)/b16-8-. The Labute approximate surface area is 157 Å². The Morgan fingerprint density at radius 3 is 2.78 bits per heavy atom. The number of fused-ring (bicyclic) bond motifs is 1. The van der Waals surface area contributed by atoms with Crippen molar-refractivity contribution in [3.05, 3.63) is 29.3 Å². The van der Waals surface area contributed by atoms with Crippen molar-refractivity contribution in [2.75, 3.05) is 19.9 Å². The van der Waals surface area contributed by atoms with Gasteiger partial charge in [-0.25, -0.2) is 4.79 Å². The molecule has 1 aromatic carbocycles. The van der Waals surface area contributed by atoms with E-state index in [4.69, 9.17) is 14.2 Å². The second-order valence-corrected chi connectivity index (χ2v) is 6.67. The first-order valence-electron chi connectivity index (χ1n) is 9.11. The molecule has 1 amide bonds. The van der Waals surface area contributed by atoms with Gasteiger partial charge >= 0.3 is 5.97 Å². The minimum absolute atomic E-state index is 0.144. The first kappa shape index (κ1) is 18.8. The molecule has 0 saturated heterocycles. The molecule has 2 aliphatic rings. The van der Waals surface area contributed by atoms with Gasteiger partial charge in [0, 0.05) is 6.54 Å². The van der Waals surface area contributed by atoms with Crippen LogP contribution in [0, 0.1) is 17.2 Å². The van der Waals surface area contributed by atoms with Crippen LogP contribution < -0.4 is 14.8 Å². The molecule has 1 aliphatic heterocycles. The quantitative estimate of drug-likeness (QED) is 0.469. The Kier molecular flexibility index (Phi) is 6.31. The van der Waals surface area contributed by atoms with E-state index in [9.17, 15) is 14.9 Å². The predicted molar refractivity (Wildman–Crippen MR) is 96.7 cm³/mol. The number of amides is 1. The lowest BCUT2D eigenvalue weighted by molar-refractivity contribution is -0.144. The van der Waals surface area contributed by atoms with E-state index in [-0.39, 0.29) is 18.3 Å². The maximum Gasteiger partial charge on any atom is 0.349 e. The van der Waals surface area contributed by atoms with E-state index in [1.807, 2.05) is 6.07 Å². The van der Waals surface area contributed by atoms with E-state index >= 15 is 0 Å². The summed E-state index contributed by atoms with van der Waals surface area (Å²) in [4.78, 5) is 23.9. The summed E-state index contributed by atoms with van der Waals surface area (Å²) in [6, 6.07) is 6.88. The van der Waals surface area contributed by atoms with Gasteiger partial charge in [-0.2, -0.15) is 5.26 Å². The molecule has 1 N–H and O–H groups in total. The number of nitrogens with one attached hydrogen (secondary N) is 1. The van der Waals surface area contributed by atoms with Gasteiger partial charge in [0.25, 0.3) is 5.91 Å². The van der Waals surface area contributed by atoms with E-state index in [0.29, 0.717) is 29.5 Å². The van der Waals surface area contributed by atoms with Gasteiger partial charge in [-0.05, 0) is 42.5 Å². The van der Waals surface area contributed by atoms with Gasteiger partial charge < -0.3 is 19.5 Å². The number of benzene rings is 1. The van der Waals surface area contributed by atoms with Crippen LogP contribution in [0.1, 0.15) is 37.7 Å². The number of rotatable bonds is 6. The summed E-state index contributed by atoms with van der Waals surface area (Å²) in [6.45, 7) is 0.353. The van der Waals surface area contributed by atoms with Crippen molar-refractivity contribution in [3.8, 4) is 17.6 Å². The Morgan fingerprint density at radius 2 is 2.00 bits per heavy atom. The number of hydrogen-bond acceptors (Lipinski definition) is 6. The van der Waals surface area contributed by atoms with Gasteiger partial charge in [0.15, 0.2) is 18.1 Å². The number of carbonyl (C=O) groups excluding carboxylic acids is 2. The van der Waals surface area contributed by atoms with Crippen molar-refractivity contribution < 1.29 is 23.8 Å². The van der Waals surface area contributed by atoms with Crippen LogP contribution in [-0.2, 0) is 14.3 Å². The fourth-order valence-electron chi connectivity index (χ4n) is 3.22. The lowest BCUT2D eigenvalue weighted by Crippen LogP contribution is -2.33. The summed E-state index contributed by atoms with van der Waals surface area (Å²) in [5.74, 6) is 0.482. The molecule has 7 heteroatoms. The average molecular weight is 370 g/mol. The smallest absolute Gasteiger partial charge is 0.349 e. The van der Waals surface area contributed by atoms with Crippen LogP contribution in [0.3, 0.4) is 0 Å². The first-order valence-corrected chi connectivity index (χ1v) is 9.11. The molecular weight excluding hydrogens is 348 g/mol. The van der Waals surface area contributed by atoms with Gasteiger partial charge in [-0.3, -0.25) is 4.79 Å². The highest BCUT2D eigenvalue weighted by atomic mass is 16.7. The van der Waals surface area contributed by atoms with Crippen molar-refractivity contribution in [3.63, 3.8) is 0 Å². The van der Waals surface area contributed by atoms with Crippen LogP contribution in [-0.4, -0.2) is 31.8 Å². The zero-order valence-corrected chi connectivity index (χ0v) is 15.0. The van der Waals surface area contributed by atoms with Gasteiger partial charge in [0.1, 0.15) is 11.6 Å². The van der Waals surface area contributed by atoms with Gasteiger partial charge in [-0.1, -0.05) is 25.3 Å². The van der Waals surface area contributed by atoms with Crippen molar-refractivity contribution in [1.82, 2.24) is 5.32 Å². The van der Waals surface area contributed by atoms with E-state index in [1.54, 1.807) is 18.2 Å². The van der Waals surface area contributed by atoms with Crippen molar-refractivity contribution in [1.29, 1.82) is 5.26 Å². The largest absolute Gasteiger partial charge is 0.454 e. The number of esters is 1. The van der Waals surface area contributed by atoms with Crippen LogP contribution in [0.5, 0.6) is 11.5 Å². The van der Waals surface area contributed by atoms with Gasteiger partial charge in [-0.15, -0.1) is 0 Å². The third-order valence-electron chi connectivity index (χ3n) is 4.70. The number of nitriles is 1. The van der Waals surface area contributed by atoms with E-state index in [0.717, 1.165) is 12.8 Å². The highest BCUT2D eigenvalue weighted by Gasteiger charge is 2.17. The third kappa shape index (κ3) is 5.23. The fourth-order valence-corrected chi connectivity index (χ4v) is 3.22. The summed E-state index contributed by atoms with van der Waals surface area (Å²) < 4.78 is 15.5. The normalized spacial score (nSPS) is 16.5. The SMILES string of the molecule is N#C/C(=C/c1ccc2c(c1)OCO2)C(=O)OCC(=O)NCC1CCCCC1. The third-order valence-corrected chi connectivity index (χ3v) is 4.70. The molecule has 1 saturated carbocycles. The molecule has 1 fully saturated rings. The number of nitrogens with zero attached hydrogens (tertiary/aromatic N) is 1. The average Bonchev–Trinajstić information content (AvgIpc) is 3.17. The van der Waals surface area contributed by atoms with Crippen LogP contribution in [0.25, 0.3) is 6.08 Å². The molecule has 3 rings (SSSR count). The molecule has 7 nitrogen and oxygen atoms in total. The molecule has 142 valence electrons. The highest BCUT2D eigenvalue weighted by Crippen LogP contribution is 2.33. The molecule has 27 heavy (non-hydrogen) atoms. The molecular formula is C20H22N2O5. The number of ether oxygens (including phenoxy) is 3. The predicted octanol–water partition coefficient (Wildman–Crippen LogP) is 2.56. The summed E-state index contributed by atoms with van der Waals surface area (Å²) in [5, 5.41) is 12.0. The zero-order chi connectivity index (χ0) is 19.1. The zero-order valence-electron chi connectivity index (χ0n) is 15.0. The van der Waals surface area contributed by atoms with Crippen molar-refractivity contribution in [2.45, 2.75) is 32.1 Å². The Morgan fingerprint density at radius 1 is 1.22 bits per heavy atom. The van der Waals surface area contributed by atoms with Crippen molar-refractivity contribution >= 4 is 18.0 Å². The summed E-state index contributed by atoms with van der Waals surface area (Å²) in [5.41, 5.74) is 0.420. The fraction of sp³-hybridized carbons (Fsp3) is 0.450. The summed E-state index contributed by atoms with van der Waals surface area (Å²) in [6.07, 6.45) is 7.30. The number of carbonyl (C=O) groups is 2. The minimum Gasteiger partial charge on any atom is -0.454 e. The molecule has 1 aliphatic carbocycles. The van der Waals surface area contributed by atoms with E-state index < -0.39 is 12.6 Å². The maximum atomic E-state index is 12.1. The highest BCUT2D eigenvalue weighted by molar-refractivity contribution is 5.98. The molecule has 1 heterocycles. The van der Waals surface area contributed by atoms with E-state index in [1.165, 1.54) is 25.3 Å². The summed E-state index contributed by atoms with van der Waals surface area (Å²) in [7, 11) is 0.